The molecule has 10 heteroatoms. The van der Waals surface area contributed by atoms with Crippen LogP contribution >= 0.6 is 27.3 Å². The number of hydrogen-bond acceptors (Lipinski definition) is 8. The summed E-state index contributed by atoms with van der Waals surface area (Å²) in [7, 11) is 0. The summed E-state index contributed by atoms with van der Waals surface area (Å²) in [6.07, 6.45) is 7.01. The highest BCUT2D eigenvalue weighted by Gasteiger charge is 2.35. The van der Waals surface area contributed by atoms with Gasteiger partial charge in [-0.05, 0) is 80.4 Å². The highest BCUT2D eigenvalue weighted by Crippen LogP contribution is 2.38. The first-order valence-corrected chi connectivity index (χ1v) is 14.8. The summed E-state index contributed by atoms with van der Waals surface area (Å²) >= 11 is 4.77. The number of allylic oxidation sites excluding steroid dienone is 1. The van der Waals surface area contributed by atoms with Gasteiger partial charge in [0.05, 0.1) is 39.6 Å². The molecule has 0 fully saturated rings. The summed E-state index contributed by atoms with van der Waals surface area (Å²) in [5.74, 6) is 3.48. The first kappa shape index (κ1) is 30.2. The molecule has 214 valence electrons. The number of terminal acetylenes is 1. The third kappa shape index (κ3) is 6.42. The molecule has 1 aromatic heterocycles. The molecule has 2 aromatic carbocycles. The predicted molar refractivity (Wildman–Crippen MR) is 162 cm³/mol. The van der Waals surface area contributed by atoms with Crippen molar-refractivity contribution in [2.45, 2.75) is 46.8 Å². The zero-order chi connectivity index (χ0) is 29.7. The summed E-state index contributed by atoms with van der Waals surface area (Å²) in [6.45, 7) is 9.90. The number of carbonyl (C=O) groups excluding carboxylic acids is 1. The molecular formula is C31H31BrN2O6S. The van der Waals surface area contributed by atoms with E-state index in [1.54, 1.807) is 30.6 Å². The number of halogens is 1. The second kappa shape index (κ2) is 13.2. The van der Waals surface area contributed by atoms with Crippen molar-refractivity contribution in [3.05, 3.63) is 83.0 Å². The fourth-order valence-corrected chi connectivity index (χ4v) is 6.11. The van der Waals surface area contributed by atoms with Crippen LogP contribution in [0.15, 0.2) is 61.9 Å². The minimum Gasteiger partial charge on any atom is -0.491 e. The minimum absolute atomic E-state index is 0.0841. The molecule has 0 radical (unpaired) electrons. The Kier molecular flexibility index (Phi) is 9.73. The van der Waals surface area contributed by atoms with Gasteiger partial charge in [-0.2, -0.15) is 0 Å². The Morgan fingerprint density at radius 2 is 1.95 bits per heavy atom. The molecular weight excluding hydrogens is 608 g/mol. The first-order chi connectivity index (χ1) is 19.7. The second-order valence-corrected chi connectivity index (χ2v) is 11.1. The molecule has 3 aromatic rings. The summed E-state index contributed by atoms with van der Waals surface area (Å²) in [5.41, 5.74) is 1.86. The normalized spacial score (nSPS) is 14.8. The first-order valence-electron chi connectivity index (χ1n) is 13.2. The van der Waals surface area contributed by atoms with Crippen molar-refractivity contribution in [3.8, 4) is 29.6 Å². The van der Waals surface area contributed by atoms with E-state index in [4.69, 9.17) is 25.4 Å². The third-order valence-corrected chi connectivity index (χ3v) is 7.59. The van der Waals surface area contributed by atoms with Crippen molar-refractivity contribution in [1.29, 1.82) is 0 Å². The van der Waals surface area contributed by atoms with Crippen LogP contribution in [0, 0.1) is 12.3 Å². The van der Waals surface area contributed by atoms with E-state index in [0.717, 1.165) is 0 Å². The van der Waals surface area contributed by atoms with Gasteiger partial charge in [-0.25, -0.2) is 9.79 Å². The number of hydrogen-bond donors (Lipinski definition) is 0. The largest absolute Gasteiger partial charge is 0.491 e. The molecule has 0 bridgehead atoms. The molecule has 1 atom stereocenters. The van der Waals surface area contributed by atoms with Gasteiger partial charge in [0.15, 0.2) is 16.3 Å². The summed E-state index contributed by atoms with van der Waals surface area (Å²) in [6, 6.07) is 10.2. The number of rotatable bonds is 10. The predicted octanol–water partition coefficient (Wildman–Crippen LogP) is 4.76. The average Bonchev–Trinajstić information content (AvgIpc) is 3.22. The van der Waals surface area contributed by atoms with Crippen LogP contribution in [0.3, 0.4) is 0 Å². The number of nitrogens with zero attached hydrogens (tertiary/aromatic N) is 2. The zero-order valence-electron chi connectivity index (χ0n) is 23.5. The molecule has 0 aliphatic carbocycles. The quantitative estimate of drug-likeness (QED) is 0.235. The van der Waals surface area contributed by atoms with Crippen molar-refractivity contribution in [2.75, 3.05) is 19.8 Å². The summed E-state index contributed by atoms with van der Waals surface area (Å²) in [5, 5.41) is 0. The number of aromatic nitrogens is 1. The lowest BCUT2D eigenvalue weighted by Crippen LogP contribution is -2.40. The number of ether oxygens (including phenoxy) is 4. The Balaban J connectivity index is 1.94. The number of fused-ring (bicyclic) bond motifs is 1. The van der Waals surface area contributed by atoms with E-state index in [1.807, 2.05) is 51.1 Å². The van der Waals surface area contributed by atoms with Crippen LogP contribution in [-0.4, -0.2) is 36.5 Å². The van der Waals surface area contributed by atoms with Crippen molar-refractivity contribution in [2.24, 2.45) is 4.99 Å². The molecule has 4 rings (SSSR count). The van der Waals surface area contributed by atoms with Gasteiger partial charge in [0.1, 0.15) is 18.4 Å². The fraction of sp³-hybridized carbons (Fsp3) is 0.323. The number of thiazole rings is 1. The smallest absolute Gasteiger partial charge is 0.338 e. The Morgan fingerprint density at radius 3 is 2.63 bits per heavy atom. The van der Waals surface area contributed by atoms with Crippen LogP contribution in [0.1, 0.15) is 51.8 Å². The molecule has 41 heavy (non-hydrogen) atoms. The molecule has 0 unspecified atom stereocenters. The van der Waals surface area contributed by atoms with E-state index in [-0.39, 0.29) is 24.9 Å². The molecule has 0 saturated heterocycles. The maximum atomic E-state index is 14.0. The topological polar surface area (TPSA) is 88.4 Å². The third-order valence-electron chi connectivity index (χ3n) is 6.02. The van der Waals surface area contributed by atoms with Gasteiger partial charge in [-0.1, -0.05) is 35.5 Å². The van der Waals surface area contributed by atoms with Crippen molar-refractivity contribution >= 4 is 39.3 Å². The summed E-state index contributed by atoms with van der Waals surface area (Å²) in [4.78, 5) is 32.4. The lowest BCUT2D eigenvalue weighted by molar-refractivity contribution is -0.139. The molecule has 0 amide bonds. The number of para-hydroxylation sites is 1. The lowest BCUT2D eigenvalue weighted by atomic mass is 9.95. The van der Waals surface area contributed by atoms with Gasteiger partial charge in [0, 0.05) is 5.56 Å². The lowest BCUT2D eigenvalue weighted by Gasteiger charge is -2.26. The van der Waals surface area contributed by atoms with E-state index in [9.17, 15) is 9.59 Å². The Labute approximate surface area is 251 Å². The van der Waals surface area contributed by atoms with Gasteiger partial charge in [-0.15, -0.1) is 6.42 Å². The van der Waals surface area contributed by atoms with Gasteiger partial charge in [0.2, 0.25) is 0 Å². The number of esters is 1. The molecule has 0 spiro atoms. The van der Waals surface area contributed by atoms with Crippen LogP contribution in [0.4, 0.5) is 0 Å². The monoisotopic (exact) mass is 638 g/mol. The van der Waals surface area contributed by atoms with Crippen LogP contribution in [0.5, 0.6) is 17.2 Å². The molecule has 1 aliphatic rings. The molecule has 8 nitrogen and oxygen atoms in total. The van der Waals surface area contributed by atoms with Crippen LogP contribution < -0.4 is 29.1 Å². The van der Waals surface area contributed by atoms with E-state index >= 15 is 0 Å². The second-order valence-electron chi connectivity index (χ2n) is 9.26. The van der Waals surface area contributed by atoms with E-state index < -0.39 is 12.0 Å². The zero-order valence-corrected chi connectivity index (χ0v) is 25.9. The fourth-order valence-electron chi connectivity index (χ4n) is 4.49. The minimum atomic E-state index is -0.785. The Bertz CT molecular complexity index is 1710. The van der Waals surface area contributed by atoms with Crippen LogP contribution in [0.2, 0.25) is 0 Å². The highest BCUT2D eigenvalue weighted by molar-refractivity contribution is 9.10. The molecule has 1 aliphatic heterocycles. The standard InChI is InChI=1S/C31H31BrN2O6S/c1-7-14-39-28-22(32)15-20(16-24(28)37-8-2)17-25-29(35)34-27(21-12-10-11-13-23(21)40-18(4)5)26(30(36)38-9-3)19(6)33-31(34)41-25/h1,10-13,15-18,27H,8-9,14H2,2-6H3/b25-17+/t27-/m0/s1. The average molecular weight is 640 g/mol. The van der Waals surface area contributed by atoms with Crippen molar-refractivity contribution in [3.63, 3.8) is 0 Å². The summed E-state index contributed by atoms with van der Waals surface area (Å²) < 4.78 is 25.6. The Morgan fingerprint density at radius 1 is 1.20 bits per heavy atom. The van der Waals surface area contributed by atoms with E-state index in [0.29, 0.717) is 60.1 Å². The Hall–Kier alpha value is -3.81. The van der Waals surface area contributed by atoms with Crippen molar-refractivity contribution in [1.82, 2.24) is 4.57 Å². The van der Waals surface area contributed by atoms with Gasteiger partial charge >= 0.3 is 5.97 Å². The molecule has 0 saturated carbocycles. The van der Waals surface area contributed by atoms with E-state index in [1.165, 1.54) is 11.3 Å². The number of benzene rings is 2. The van der Waals surface area contributed by atoms with Crippen LogP contribution in [-0.2, 0) is 9.53 Å². The van der Waals surface area contributed by atoms with E-state index in [2.05, 4.69) is 26.8 Å². The van der Waals surface area contributed by atoms with Gasteiger partial charge < -0.3 is 18.9 Å². The van der Waals surface area contributed by atoms with Crippen molar-refractivity contribution < 1.29 is 23.7 Å². The number of carbonyl (C=O) groups is 1. The maximum absolute atomic E-state index is 14.0. The molecule has 2 heterocycles. The maximum Gasteiger partial charge on any atom is 0.338 e. The van der Waals surface area contributed by atoms with Gasteiger partial charge in [-0.3, -0.25) is 9.36 Å². The van der Waals surface area contributed by atoms with Gasteiger partial charge in [0.25, 0.3) is 5.56 Å². The molecule has 0 N–H and O–H groups in total. The highest BCUT2D eigenvalue weighted by atomic mass is 79.9. The SMILES string of the molecule is C#CCOc1c(Br)cc(/C=c2/sc3n(c2=O)[C@@H](c2ccccc2OC(C)C)C(C(=O)OCC)=C(C)N=3)cc1OCC. The van der Waals surface area contributed by atoms with Crippen LogP contribution in [0.25, 0.3) is 6.08 Å².